The first-order valence-electron chi connectivity index (χ1n) is 29.8. The molecule has 23 nitrogen and oxygen atoms in total. The van der Waals surface area contributed by atoms with Crippen LogP contribution in [-0.2, 0) is 47.9 Å². The number of carbonyl (C=O) groups excluding carboxylic acids is 10. The van der Waals surface area contributed by atoms with Gasteiger partial charge in [-0.05, 0) is 135 Å². The summed E-state index contributed by atoms with van der Waals surface area (Å²) in [5, 5.41) is 24.0. The second kappa shape index (κ2) is 43.7. The van der Waals surface area contributed by atoms with Crippen molar-refractivity contribution in [3.05, 3.63) is 24.8 Å². The predicted molar refractivity (Wildman–Crippen MR) is 317 cm³/mol. The summed E-state index contributed by atoms with van der Waals surface area (Å²) in [6.45, 7) is 19.4. The summed E-state index contributed by atoms with van der Waals surface area (Å²) < 4.78 is 0. The van der Waals surface area contributed by atoms with Crippen molar-refractivity contribution in [2.24, 2.45) is 40.7 Å². The van der Waals surface area contributed by atoms with Crippen LogP contribution >= 0.6 is 0 Å². The molecule has 0 aliphatic heterocycles. The molecule has 17 N–H and O–H groups in total. The van der Waals surface area contributed by atoms with Crippen molar-refractivity contribution in [1.29, 1.82) is 0 Å². The van der Waals surface area contributed by atoms with E-state index in [0.717, 1.165) is 25.7 Å². The number of nitrogens with one attached hydrogen (secondary N) is 9. The Bertz CT molecular complexity index is 1970. The number of allylic oxidation sites excluding steroid dienone is 3. The van der Waals surface area contributed by atoms with Crippen LogP contribution in [0.4, 0.5) is 0 Å². The van der Waals surface area contributed by atoms with Gasteiger partial charge in [-0.3, -0.25) is 47.9 Å². The van der Waals surface area contributed by atoms with Crippen LogP contribution in [0.15, 0.2) is 24.8 Å². The number of hydrogen-bond acceptors (Lipinski definition) is 13. The topological polar surface area (TPSA) is 383 Å². The Morgan fingerprint density at radius 1 is 0.370 bits per heavy atom. The zero-order chi connectivity index (χ0) is 61.5. The van der Waals surface area contributed by atoms with Gasteiger partial charge < -0.3 is 70.8 Å². The molecule has 0 saturated carbocycles. The van der Waals surface area contributed by atoms with E-state index in [2.05, 4.69) is 60.5 Å². The van der Waals surface area contributed by atoms with E-state index in [4.69, 9.17) is 22.9 Å². The lowest BCUT2D eigenvalue weighted by Crippen LogP contribution is -2.61. The molecule has 0 radical (unpaired) electrons. The molecule has 0 rings (SSSR count). The average molecular weight is 1150 g/mol. The molecule has 0 bridgehead atoms. The van der Waals surface area contributed by atoms with Crippen molar-refractivity contribution in [2.45, 2.75) is 245 Å². The molecule has 0 aliphatic carbocycles. The number of carbonyl (C=O) groups is 10. The first-order chi connectivity index (χ1) is 38.4. The van der Waals surface area contributed by atoms with E-state index in [1.54, 1.807) is 47.6 Å². The normalized spacial score (nSPS) is 14.8. The largest absolute Gasteiger partial charge is 0.368 e. The average Bonchev–Trinajstić information content (AvgIpc) is 3.40. The Morgan fingerprint density at radius 3 is 1.07 bits per heavy atom. The molecule has 0 aromatic heterocycles. The van der Waals surface area contributed by atoms with Gasteiger partial charge in [0, 0.05) is 6.42 Å². The maximum absolute atomic E-state index is 13.8. The summed E-state index contributed by atoms with van der Waals surface area (Å²) in [5.41, 5.74) is 22.5. The van der Waals surface area contributed by atoms with E-state index in [-0.39, 0.29) is 37.5 Å². The molecular weight excluding hydrogens is 1040 g/mol. The maximum atomic E-state index is 13.8. The molecule has 9 atom stereocenters. The van der Waals surface area contributed by atoms with Crippen LogP contribution in [0.2, 0.25) is 0 Å². The molecular formula is C58H107N13O10. The van der Waals surface area contributed by atoms with Crippen LogP contribution in [0.5, 0.6) is 0 Å². The fourth-order valence-electron chi connectivity index (χ4n) is 8.63. The van der Waals surface area contributed by atoms with E-state index in [9.17, 15) is 47.9 Å². The zero-order valence-corrected chi connectivity index (χ0v) is 50.5. The number of rotatable bonds is 46. The van der Waals surface area contributed by atoms with Crippen LogP contribution < -0.4 is 70.8 Å². The first-order valence-corrected chi connectivity index (χ1v) is 29.8. The van der Waals surface area contributed by atoms with Gasteiger partial charge in [0.2, 0.25) is 59.1 Å². The second-order valence-electron chi connectivity index (χ2n) is 22.3. The third-order valence-corrected chi connectivity index (χ3v) is 13.8. The minimum atomic E-state index is -1.21. The van der Waals surface area contributed by atoms with Gasteiger partial charge in [0.15, 0.2) is 0 Å². The van der Waals surface area contributed by atoms with Crippen molar-refractivity contribution >= 4 is 59.1 Å². The highest BCUT2D eigenvalue weighted by atomic mass is 16.2. The SMILES string of the molecule is C=C/C=C/CCCCCCCCCCCC(=O)N[C@H](C(=O)N[C@H](C(=O)N[C@H](C(=O)N[C@@H](C)C(=O)N[C@@H](C)C(=O)N[C@@H](C)C(=O)N[C@@H](CCCCN)C(=O)N[C@@H](CCCCN)C(=O)N[C@@H](CCCCN)C(N)=O)C(C)C)C(C)C)C(C)C. The molecule has 0 heterocycles. The highest BCUT2D eigenvalue weighted by Gasteiger charge is 2.35. The van der Waals surface area contributed by atoms with Crippen LogP contribution in [-0.4, -0.2) is 133 Å². The first kappa shape index (κ1) is 75.1. The third kappa shape index (κ3) is 32.9. The number of hydrogen-bond donors (Lipinski definition) is 13. The summed E-state index contributed by atoms with van der Waals surface area (Å²) in [4.78, 5) is 134. The van der Waals surface area contributed by atoms with Crippen molar-refractivity contribution < 1.29 is 47.9 Å². The van der Waals surface area contributed by atoms with Gasteiger partial charge in [-0.2, -0.15) is 0 Å². The summed E-state index contributed by atoms with van der Waals surface area (Å²) >= 11 is 0. The molecule has 0 aromatic rings. The predicted octanol–water partition coefficient (Wildman–Crippen LogP) is 2.28. The van der Waals surface area contributed by atoms with Gasteiger partial charge in [-0.25, -0.2) is 0 Å². The van der Waals surface area contributed by atoms with Gasteiger partial charge in [-0.1, -0.05) is 111 Å². The number of amides is 10. The summed E-state index contributed by atoms with van der Waals surface area (Å²) in [5.74, 6) is -7.62. The minimum Gasteiger partial charge on any atom is -0.368 e. The summed E-state index contributed by atoms with van der Waals surface area (Å²) in [6, 6.07) is -10.0. The molecule has 0 aliphatic rings. The molecule has 464 valence electrons. The van der Waals surface area contributed by atoms with Crippen molar-refractivity contribution in [1.82, 2.24) is 47.9 Å². The monoisotopic (exact) mass is 1150 g/mol. The maximum Gasteiger partial charge on any atom is 0.243 e. The van der Waals surface area contributed by atoms with E-state index in [1.165, 1.54) is 52.9 Å². The van der Waals surface area contributed by atoms with Crippen molar-refractivity contribution in [3.8, 4) is 0 Å². The number of primary amides is 1. The Labute approximate surface area is 483 Å². The summed E-state index contributed by atoms with van der Waals surface area (Å²) in [7, 11) is 0. The molecule has 0 spiro atoms. The van der Waals surface area contributed by atoms with Crippen LogP contribution in [0.25, 0.3) is 0 Å². The summed E-state index contributed by atoms with van der Waals surface area (Å²) in [6.07, 6.45) is 20.7. The zero-order valence-electron chi connectivity index (χ0n) is 50.5. The quantitative estimate of drug-likeness (QED) is 0.0308. The Morgan fingerprint density at radius 2 is 0.691 bits per heavy atom. The molecule has 0 aromatic carbocycles. The lowest BCUT2D eigenvalue weighted by atomic mass is 9.97. The fraction of sp³-hybridized carbons (Fsp3) is 0.759. The minimum absolute atomic E-state index is 0.138. The van der Waals surface area contributed by atoms with E-state index in [0.29, 0.717) is 64.6 Å². The third-order valence-electron chi connectivity index (χ3n) is 13.8. The van der Waals surface area contributed by atoms with Gasteiger partial charge >= 0.3 is 0 Å². The second-order valence-corrected chi connectivity index (χ2v) is 22.3. The molecule has 81 heavy (non-hydrogen) atoms. The van der Waals surface area contributed by atoms with E-state index < -0.39 is 119 Å². The molecule has 23 heteroatoms. The van der Waals surface area contributed by atoms with Crippen LogP contribution in [0.1, 0.15) is 191 Å². The Balaban J connectivity index is 5.58. The Kier molecular flexibility index (Phi) is 40.5. The van der Waals surface area contributed by atoms with Crippen molar-refractivity contribution in [3.63, 3.8) is 0 Å². The highest BCUT2D eigenvalue weighted by Crippen LogP contribution is 2.14. The molecule has 0 fully saturated rings. The Hall–Kier alpha value is -5.94. The van der Waals surface area contributed by atoms with Gasteiger partial charge in [0.05, 0.1) is 0 Å². The van der Waals surface area contributed by atoms with Gasteiger partial charge in [0.1, 0.15) is 54.4 Å². The van der Waals surface area contributed by atoms with Gasteiger partial charge in [0.25, 0.3) is 0 Å². The smallest absolute Gasteiger partial charge is 0.243 e. The molecule has 0 unspecified atom stereocenters. The lowest BCUT2D eigenvalue weighted by molar-refractivity contribution is -0.136. The lowest BCUT2D eigenvalue weighted by Gasteiger charge is -2.30. The molecule has 0 saturated heterocycles. The van der Waals surface area contributed by atoms with E-state index in [1.807, 2.05) is 6.08 Å². The van der Waals surface area contributed by atoms with Gasteiger partial charge in [-0.15, -0.1) is 0 Å². The van der Waals surface area contributed by atoms with E-state index >= 15 is 0 Å². The van der Waals surface area contributed by atoms with Crippen molar-refractivity contribution in [2.75, 3.05) is 19.6 Å². The fourth-order valence-corrected chi connectivity index (χ4v) is 8.63. The van der Waals surface area contributed by atoms with Crippen LogP contribution in [0.3, 0.4) is 0 Å². The number of nitrogens with two attached hydrogens (primary N) is 4. The molecule has 10 amide bonds. The number of unbranched alkanes of at least 4 members (excludes halogenated alkanes) is 12. The highest BCUT2D eigenvalue weighted by molar-refractivity contribution is 5.98. The standard InChI is InChI=1S/C58H107N13O10/c1-11-12-13-14-15-16-17-18-19-20-21-22-23-33-46(72)69-47(37(2)3)57(80)71-49(39(6)7)58(81)70-48(38(4)5)56(79)65-41(9)52(75)63-40(8)51(74)64-42(10)53(76)67-44(31-25-28-35-60)55(78)68-45(32-26-29-36-61)54(77)66-43(50(62)73)30-24-27-34-59/h11-13,37-45,47-49H,1,14-36,59-61H2,2-10H3,(H2,62,73)(H,63,75)(H,64,74)(H,65,79)(H,66,77)(H,67,76)(H,68,78)(H,69,72)(H,70,81)(H,71,80)/b13-12+/t40-,41-,42-,43-,44-,45-,47-,48-,49-/m0/s1. The van der Waals surface area contributed by atoms with Crippen LogP contribution in [0, 0.1) is 17.8 Å².